The Balaban J connectivity index is 1.32. The Morgan fingerprint density at radius 1 is 1.05 bits per heavy atom. The largest absolute Gasteiger partial charge is 0.505 e. The number of allylic oxidation sites excluding steroid dienone is 2. The van der Waals surface area contributed by atoms with Gasteiger partial charge in [0.1, 0.15) is 0 Å². The van der Waals surface area contributed by atoms with E-state index in [0.717, 1.165) is 22.5 Å². The highest BCUT2D eigenvalue weighted by Crippen LogP contribution is 2.48. The fourth-order valence-corrected chi connectivity index (χ4v) is 6.42. The molecule has 0 spiro atoms. The molecule has 0 aromatic heterocycles. The number of phenolic OH excluding ortho intramolecular Hbond substituents is 1. The molecule has 3 aromatic carbocycles. The lowest BCUT2D eigenvalue weighted by molar-refractivity contribution is -0.123. The van der Waals surface area contributed by atoms with Crippen LogP contribution < -0.4 is 10.2 Å². The van der Waals surface area contributed by atoms with Gasteiger partial charge >= 0.3 is 0 Å². The lowest BCUT2D eigenvalue weighted by Crippen LogP contribution is -2.39. The SMILES string of the molecule is CCC1=C([C@H](O)CC/C(C)=C/c2ccc(O)c(F)c2)[C@H](CO)[C@@H]2C(=O)N(c3ccc(Nc4ccccc4)cc3)C(=O)[C@@H]2C1. The van der Waals surface area contributed by atoms with Gasteiger partial charge in [0.2, 0.25) is 11.8 Å². The number of aliphatic hydroxyl groups excluding tert-OH is 2. The predicted octanol–water partition coefficient (Wildman–Crippen LogP) is 6.34. The van der Waals surface area contributed by atoms with Gasteiger partial charge < -0.3 is 20.6 Å². The zero-order valence-corrected chi connectivity index (χ0v) is 24.3. The molecule has 1 aliphatic heterocycles. The van der Waals surface area contributed by atoms with Crippen molar-refractivity contribution in [1.82, 2.24) is 0 Å². The van der Waals surface area contributed by atoms with Crippen molar-refractivity contribution in [2.24, 2.45) is 17.8 Å². The zero-order valence-electron chi connectivity index (χ0n) is 24.3. The van der Waals surface area contributed by atoms with Crippen LogP contribution in [0.1, 0.15) is 45.1 Å². The Hall–Kier alpha value is -4.27. The van der Waals surface area contributed by atoms with Gasteiger partial charge in [0.05, 0.1) is 30.2 Å². The number of imide groups is 1. The summed E-state index contributed by atoms with van der Waals surface area (Å²) in [7, 11) is 0. The molecule has 1 saturated heterocycles. The Labute approximate surface area is 251 Å². The number of benzene rings is 3. The van der Waals surface area contributed by atoms with E-state index >= 15 is 0 Å². The molecule has 0 radical (unpaired) electrons. The maximum Gasteiger partial charge on any atom is 0.238 e. The van der Waals surface area contributed by atoms with Crippen LogP contribution in [0.3, 0.4) is 0 Å². The number of phenols is 1. The summed E-state index contributed by atoms with van der Waals surface area (Å²) in [6.07, 6.45) is 2.68. The normalized spacial score (nSPS) is 21.3. The zero-order chi connectivity index (χ0) is 30.7. The van der Waals surface area contributed by atoms with Crippen molar-refractivity contribution in [2.45, 2.75) is 45.6 Å². The molecule has 1 heterocycles. The highest BCUT2D eigenvalue weighted by molar-refractivity contribution is 6.22. The summed E-state index contributed by atoms with van der Waals surface area (Å²) >= 11 is 0. The number of halogens is 1. The van der Waals surface area contributed by atoms with Crippen LogP contribution in [0.2, 0.25) is 0 Å². The molecule has 224 valence electrons. The van der Waals surface area contributed by atoms with Crippen LogP contribution in [0.15, 0.2) is 89.5 Å². The summed E-state index contributed by atoms with van der Waals surface area (Å²) in [6.45, 7) is 3.48. The Bertz CT molecular complexity index is 1550. The molecular formula is C35H37FN2O5. The second-order valence-corrected chi connectivity index (χ2v) is 11.3. The number of amides is 2. The van der Waals surface area contributed by atoms with E-state index in [4.69, 9.17) is 0 Å². The number of carbonyl (C=O) groups is 2. The third-order valence-corrected chi connectivity index (χ3v) is 8.55. The van der Waals surface area contributed by atoms with E-state index in [1.54, 1.807) is 24.3 Å². The summed E-state index contributed by atoms with van der Waals surface area (Å²) < 4.78 is 13.7. The summed E-state index contributed by atoms with van der Waals surface area (Å²) in [5.41, 5.74) is 5.28. The van der Waals surface area contributed by atoms with Gasteiger partial charge in [-0.2, -0.15) is 0 Å². The number of aromatic hydroxyl groups is 1. The van der Waals surface area contributed by atoms with Crippen LogP contribution in [0.5, 0.6) is 5.75 Å². The van der Waals surface area contributed by atoms with Gasteiger partial charge in [-0.1, -0.05) is 48.4 Å². The molecule has 2 aliphatic rings. The molecule has 4 N–H and O–H groups in total. The van der Waals surface area contributed by atoms with Crippen LogP contribution in [0, 0.1) is 23.6 Å². The number of hydrogen-bond acceptors (Lipinski definition) is 6. The van der Waals surface area contributed by atoms with Crippen molar-refractivity contribution in [3.8, 4) is 5.75 Å². The third-order valence-electron chi connectivity index (χ3n) is 8.55. The molecule has 43 heavy (non-hydrogen) atoms. The first kappa shape index (κ1) is 30.2. The smallest absolute Gasteiger partial charge is 0.238 e. The number of carbonyl (C=O) groups excluding carboxylic acids is 2. The van der Waals surface area contributed by atoms with Gasteiger partial charge in [0.15, 0.2) is 11.6 Å². The molecule has 3 aromatic rings. The van der Waals surface area contributed by atoms with E-state index in [2.05, 4.69) is 5.32 Å². The maximum atomic E-state index is 13.8. The minimum atomic E-state index is -0.909. The summed E-state index contributed by atoms with van der Waals surface area (Å²) in [5, 5.41) is 34.6. The fourth-order valence-electron chi connectivity index (χ4n) is 6.42. The van der Waals surface area contributed by atoms with E-state index < -0.39 is 35.4 Å². The van der Waals surface area contributed by atoms with Crippen molar-refractivity contribution < 1.29 is 29.3 Å². The molecule has 0 unspecified atom stereocenters. The predicted molar refractivity (Wildman–Crippen MR) is 165 cm³/mol. The van der Waals surface area contributed by atoms with Gasteiger partial charge in [-0.25, -0.2) is 4.39 Å². The number of aliphatic hydroxyl groups is 2. The summed E-state index contributed by atoms with van der Waals surface area (Å²) in [6, 6.07) is 21.0. The monoisotopic (exact) mass is 584 g/mol. The van der Waals surface area contributed by atoms with Gasteiger partial charge in [0.25, 0.3) is 0 Å². The molecule has 1 fully saturated rings. The van der Waals surface area contributed by atoms with Gasteiger partial charge in [-0.15, -0.1) is 0 Å². The van der Waals surface area contributed by atoms with Crippen molar-refractivity contribution >= 4 is 35.0 Å². The number of anilines is 3. The molecule has 0 bridgehead atoms. The van der Waals surface area contributed by atoms with Crippen LogP contribution in [0.4, 0.5) is 21.5 Å². The van der Waals surface area contributed by atoms with Gasteiger partial charge in [-0.3, -0.25) is 14.5 Å². The maximum absolute atomic E-state index is 13.8. The van der Waals surface area contributed by atoms with Crippen LogP contribution in [-0.2, 0) is 9.59 Å². The van der Waals surface area contributed by atoms with Gasteiger partial charge in [-0.05, 0) is 92.3 Å². The molecule has 8 heteroatoms. The Kier molecular flexibility index (Phi) is 9.08. The van der Waals surface area contributed by atoms with Crippen LogP contribution >= 0.6 is 0 Å². The number of fused-ring (bicyclic) bond motifs is 1. The number of nitrogens with one attached hydrogen (secondary N) is 1. The second-order valence-electron chi connectivity index (χ2n) is 11.3. The highest BCUT2D eigenvalue weighted by atomic mass is 19.1. The number of hydrogen-bond donors (Lipinski definition) is 4. The van der Waals surface area contributed by atoms with E-state index in [1.165, 1.54) is 17.0 Å². The molecule has 1 aliphatic carbocycles. The van der Waals surface area contributed by atoms with Crippen molar-refractivity contribution in [2.75, 3.05) is 16.8 Å². The topological polar surface area (TPSA) is 110 Å². The molecular weight excluding hydrogens is 547 g/mol. The molecule has 2 amide bonds. The molecule has 7 nitrogen and oxygen atoms in total. The van der Waals surface area contributed by atoms with E-state index in [-0.39, 0.29) is 18.4 Å². The van der Waals surface area contributed by atoms with Gasteiger partial charge in [0, 0.05) is 17.3 Å². The van der Waals surface area contributed by atoms with E-state index in [9.17, 15) is 29.3 Å². The first-order chi connectivity index (χ1) is 20.7. The average Bonchev–Trinajstić information content (AvgIpc) is 3.26. The first-order valence-electron chi connectivity index (χ1n) is 14.7. The van der Waals surface area contributed by atoms with E-state index in [0.29, 0.717) is 42.5 Å². The molecule has 0 saturated carbocycles. The average molecular weight is 585 g/mol. The first-order valence-corrected chi connectivity index (χ1v) is 14.7. The number of para-hydroxylation sites is 1. The minimum Gasteiger partial charge on any atom is -0.505 e. The van der Waals surface area contributed by atoms with Crippen molar-refractivity contribution in [1.29, 1.82) is 0 Å². The molecule has 5 rings (SSSR count). The fraction of sp³-hybridized carbons (Fsp3) is 0.314. The second kappa shape index (κ2) is 12.9. The van der Waals surface area contributed by atoms with E-state index in [1.807, 2.05) is 56.3 Å². The van der Waals surface area contributed by atoms with Crippen molar-refractivity contribution in [3.63, 3.8) is 0 Å². The Morgan fingerprint density at radius 3 is 2.40 bits per heavy atom. The minimum absolute atomic E-state index is 0.281. The lowest BCUT2D eigenvalue weighted by atomic mass is 9.67. The van der Waals surface area contributed by atoms with Crippen LogP contribution in [-0.4, -0.2) is 39.8 Å². The van der Waals surface area contributed by atoms with Crippen molar-refractivity contribution in [3.05, 3.63) is 101 Å². The Morgan fingerprint density at radius 2 is 1.74 bits per heavy atom. The third kappa shape index (κ3) is 6.26. The molecule has 4 atom stereocenters. The highest BCUT2D eigenvalue weighted by Gasteiger charge is 2.55. The summed E-state index contributed by atoms with van der Waals surface area (Å²) in [5.74, 6) is -3.77. The number of rotatable bonds is 10. The summed E-state index contributed by atoms with van der Waals surface area (Å²) in [4.78, 5) is 28.7. The van der Waals surface area contributed by atoms with Crippen LogP contribution in [0.25, 0.3) is 6.08 Å². The quantitative estimate of drug-likeness (QED) is 0.163. The number of nitrogens with zero attached hydrogens (tertiary/aromatic N) is 1. The standard InChI is InChI=1S/C35H37FN2O5/c1-3-23-19-27-33(28(20-39)32(23)31(41)15-9-21(2)17-22-10-16-30(40)29(36)18-22)35(43)38(34(27)42)26-13-11-25(12-14-26)37-24-7-5-4-6-8-24/h4-8,10-14,16-18,27-28,31,33,37,39-41H,3,9,15,19-20H2,1-2H3/b21-17+/t27-,28+,31-,33-/m1/s1. The lowest BCUT2D eigenvalue weighted by Gasteiger charge is -2.36.